The van der Waals surface area contributed by atoms with Crippen molar-refractivity contribution in [2.45, 2.75) is 33.0 Å². The van der Waals surface area contributed by atoms with Crippen molar-refractivity contribution in [3.63, 3.8) is 0 Å². The Kier molecular flexibility index (Phi) is 4.19. The van der Waals surface area contributed by atoms with Gasteiger partial charge in [0.15, 0.2) is 0 Å². The Morgan fingerprint density at radius 1 is 1.37 bits per heavy atom. The van der Waals surface area contributed by atoms with E-state index in [-0.39, 0.29) is 12.8 Å². The molecule has 5 nitrogen and oxygen atoms in total. The van der Waals surface area contributed by atoms with Crippen molar-refractivity contribution in [2.75, 3.05) is 0 Å². The van der Waals surface area contributed by atoms with Crippen LogP contribution in [0.1, 0.15) is 30.9 Å². The molecule has 0 fully saturated rings. The zero-order valence-corrected chi connectivity index (χ0v) is 11.2. The third kappa shape index (κ3) is 2.77. The minimum atomic E-state index is -0.262. The van der Waals surface area contributed by atoms with E-state index in [0.717, 1.165) is 12.1 Å². The van der Waals surface area contributed by atoms with Gasteiger partial charge in [-0.3, -0.25) is 4.57 Å². The molecule has 0 radical (unpaired) electrons. The normalized spacial score (nSPS) is 12.4. The largest absolute Gasteiger partial charge is 0.425 e. The molecule has 19 heavy (non-hydrogen) atoms. The maximum Gasteiger partial charge on any atom is 0.303 e. The van der Waals surface area contributed by atoms with Crippen LogP contribution in [0.2, 0.25) is 0 Å². The smallest absolute Gasteiger partial charge is 0.303 e. The average molecular weight is 261 g/mol. The molecule has 0 aliphatic heterocycles. The highest BCUT2D eigenvalue weighted by Crippen LogP contribution is 2.26. The predicted molar refractivity (Wildman–Crippen MR) is 72.9 cm³/mol. The molecular weight excluding hydrogens is 242 g/mol. The van der Waals surface area contributed by atoms with Crippen LogP contribution >= 0.6 is 0 Å². The highest BCUT2D eigenvalue weighted by molar-refractivity contribution is 5.27. The van der Waals surface area contributed by atoms with E-state index in [1.165, 1.54) is 0 Å². The summed E-state index contributed by atoms with van der Waals surface area (Å²) in [6.45, 7) is 3.71. The number of imidazole rings is 1. The van der Waals surface area contributed by atoms with Gasteiger partial charge in [-0.05, 0) is 25.5 Å². The van der Waals surface area contributed by atoms with Gasteiger partial charge in [-0.1, -0.05) is 25.1 Å². The molecule has 1 unspecified atom stereocenters. The summed E-state index contributed by atoms with van der Waals surface area (Å²) in [6.07, 6.45) is 0.468. The maximum absolute atomic E-state index is 9.45. The first-order chi connectivity index (χ1) is 9.17. The fourth-order valence-electron chi connectivity index (χ4n) is 1.93. The molecule has 2 rings (SSSR count). The highest BCUT2D eigenvalue weighted by atomic mass is 16.5. The number of aryl methyl sites for hydroxylation is 1. The van der Waals surface area contributed by atoms with Gasteiger partial charge in [0, 0.05) is 0 Å². The quantitative estimate of drug-likeness (QED) is 0.866. The van der Waals surface area contributed by atoms with Crippen LogP contribution in [0.25, 0.3) is 0 Å². The number of hydrogen-bond acceptors (Lipinski definition) is 4. The molecule has 102 valence electrons. The zero-order chi connectivity index (χ0) is 13.8. The monoisotopic (exact) mass is 261 g/mol. The lowest BCUT2D eigenvalue weighted by Crippen LogP contribution is -2.20. The summed E-state index contributed by atoms with van der Waals surface area (Å²) < 4.78 is 7.51. The molecular formula is C14H19N3O2. The van der Waals surface area contributed by atoms with E-state index in [4.69, 9.17) is 10.5 Å². The van der Waals surface area contributed by atoms with E-state index in [1.807, 2.05) is 44.2 Å². The van der Waals surface area contributed by atoms with Crippen LogP contribution in [0.5, 0.6) is 11.8 Å². The molecule has 1 aromatic heterocycles. The fraction of sp³-hybridized carbons (Fsp3) is 0.357. The van der Waals surface area contributed by atoms with Crippen LogP contribution in [-0.4, -0.2) is 14.7 Å². The molecule has 3 N–H and O–H groups in total. The molecule has 1 atom stereocenters. The number of benzene rings is 1. The molecule has 1 aromatic carbocycles. The summed E-state index contributed by atoms with van der Waals surface area (Å²) in [5.41, 5.74) is 7.50. The van der Waals surface area contributed by atoms with Crippen molar-refractivity contribution >= 4 is 0 Å². The second-order valence-electron chi connectivity index (χ2n) is 4.35. The number of ether oxygens (including phenoxy) is 1. The lowest BCUT2D eigenvalue weighted by molar-refractivity contribution is 0.259. The Labute approximate surface area is 112 Å². The van der Waals surface area contributed by atoms with Crippen molar-refractivity contribution < 1.29 is 9.84 Å². The van der Waals surface area contributed by atoms with Crippen LogP contribution < -0.4 is 10.5 Å². The Morgan fingerprint density at radius 3 is 2.63 bits per heavy atom. The number of rotatable bonds is 5. The van der Waals surface area contributed by atoms with E-state index in [9.17, 15) is 5.11 Å². The number of para-hydroxylation sites is 1. The first kappa shape index (κ1) is 13.6. The summed E-state index contributed by atoms with van der Waals surface area (Å²) in [5.74, 6) is 0.696. The van der Waals surface area contributed by atoms with Gasteiger partial charge >= 0.3 is 6.01 Å². The summed E-state index contributed by atoms with van der Waals surface area (Å²) in [4.78, 5) is 4.35. The number of nitrogens with two attached hydrogens (primary N) is 1. The number of hydrogen-bond donors (Lipinski definition) is 2. The number of nitrogens with zero attached hydrogens (tertiary/aromatic N) is 2. The van der Waals surface area contributed by atoms with Gasteiger partial charge in [-0.25, -0.2) is 0 Å². The summed E-state index contributed by atoms with van der Waals surface area (Å²) in [5, 5.41) is 9.45. The molecule has 0 spiro atoms. The molecule has 0 saturated carbocycles. The third-order valence-electron chi connectivity index (χ3n) is 3.03. The molecule has 0 amide bonds. The topological polar surface area (TPSA) is 73.3 Å². The lowest BCUT2D eigenvalue weighted by Gasteiger charge is -2.17. The first-order valence-corrected chi connectivity index (χ1v) is 6.34. The van der Waals surface area contributed by atoms with Crippen LogP contribution in [-0.2, 0) is 6.61 Å². The highest BCUT2D eigenvalue weighted by Gasteiger charge is 2.19. The maximum atomic E-state index is 9.45. The minimum Gasteiger partial charge on any atom is -0.425 e. The van der Waals surface area contributed by atoms with Crippen molar-refractivity contribution in [1.29, 1.82) is 0 Å². The third-order valence-corrected chi connectivity index (χ3v) is 3.03. The predicted octanol–water partition coefficient (Wildman–Crippen LogP) is 2.34. The molecule has 0 aliphatic rings. The van der Waals surface area contributed by atoms with E-state index in [2.05, 4.69) is 4.98 Å². The van der Waals surface area contributed by atoms with Crippen LogP contribution in [0.4, 0.5) is 0 Å². The van der Waals surface area contributed by atoms with Gasteiger partial charge in [0.05, 0.1) is 24.2 Å². The molecule has 5 heteroatoms. The van der Waals surface area contributed by atoms with Gasteiger partial charge in [-0.15, -0.1) is 0 Å². The zero-order valence-electron chi connectivity index (χ0n) is 11.2. The Morgan fingerprint density at radius 2 is 2.05 bits per heavy atom. The van der Waals surface area contributed by atoms with Crippen LogP contribution in [0.15, 0.2) is 30.3 Å². The van der Waals surface area contributed by atoms with Crippen molar-refractivity contribution in [2.24, 2.45) is 5.73 Å². The van der Waals surface area contributed by atoms with E-state index in [0.29, 0.717) is 17.5 Å². The molecule has 0 saturated heterocycles. The SMILES string of the molecule is CCC(N)n1c(Oc2ccccc2)nc(C)c1CO. The Balaban J connectivity index is 2.39. The summed E-state index contributed by atoms with van der Waals surface area (Å²) >= 11 is 0. The summed E-state index contributed by atoms with van der Waals surface area (Å²) in [6, 6.07) is 9.82. The van der Waals surface area contributed by atoms with Gasteiger partial charge in [0.25, 0.3) is 0 Å². The second-order valence-corrected chi connectivity index (χ2v) is 4.35. The first-order valence-electron chi connectivity index (χ1n) is 6.34. The fourth-order valence-corrected chi connectivity index (χ4v) is 1.93. The number of aliphatic hydroxyl groups is 1. The van der Waals surface area contributed by atoms with E-state index in [1.54, 1.807) is 4.57 Å². The Hall–Kier alpha value is -1.85. The molecule has 0 aliphatic carbocycles. The van der Waals surface area contributed by atoms with Crippen molar-refractivity contribution in [3.05, 3.63) is 41.7 Å². The number of aliphatic hydroxyl groups excluding tert-OH is 1. The summed E-state index contributed by atoms with van der Waals surface area (Å²) in [7, 11) is 0. The average Bonchev–Trinajstić information content (AvgIpc) is 2.74. The Bertz CT molecular complexity index is 537. The molecule has 2 aromatic rings. The van der Waals surface area contributed by atoms with E-state index < -0.39 is 0 Å². The molecule has 0 bridgehead atoms. The van der Waals surface area contributed by atoms with Crippen molar-refractivity contribution in [3.8, 4) is 11.8 Å². The van der Waals surface area contributed by atoms with Gasteiger partial charge in [-0.2, -0.15) is 4.98 Å². The minimum absolute atomic E-state index is 0.106. The van der Waals surface area contributed by atoms with Gasteiger partial charge in [0.1, 0.15) is 5.75 Å². The molecule has 1 heterocycles. The number of aromatic nitrogens is 2. The van der Waals surface area contributed by atoms with Gasteiger partial charge < -0.3 is 15.6 Å². The van der Waals surface area contributed by atoms with E-state index >= 15 is 0 Å². The van der Waals surface area contributed by atoms with Crippen LogP contribution in [0, 0.1) is 6.92 Å². The standard InChI is InChI=1S/C14H19N3O2/c1-3-13(15)17-12(9-18)10(2)16-14(17)19-11-7-5-4-6-8-11/h4-8,13,18H,3,9,15H2,1-2H3. The van der Waals surface area contributed by atoms with Crippen molar-refractivity contribution in [1.82, 2.24) is 9.55 Å². The lowest BCUT2D eigenvalue weighted by atomic mass is 10.3. The second kappa shape index (κ2) is 5.86. The van der Waals surface area contributed by atoms with Crippen LogP contribution in [0.3, 0.4) is 0 Å². The van der Waals surface area contributed by atoms with Gasteiger partial charge in [0.2, 0.25) is 0 Å².